The summed E-state index contributed by atoms with van der Waals surface area (Å²) in [6.45, 7) is 2.90. The summed E-state index contributed by atoms with van der Waals surface area (Å²) in [7, 11) is 0. The van der Waals surface area contributed by atoms with Crippen molar-refractivity contribution in [1.29, 1.82) is 0 Å². The number of ether oxygens (including phenoxy) is 1. The average molecular weight is 201 g/mol. The second-order valence-electron chi connectivity index (χ2n) is 2.83. The van der Waals surface area contributed by atoms with E-state index in [2.05, 4.69) is 8.83 Å². The van der Waals surface area contributed by atoms with Crippen LogP contribution in [0.1, 0.15) is 18.4 Å². The van der Waals surface area contributed by atoms with Crippen LogP contribution in [0.4, 0.5) is 0 Å². The molecule has 6 nitrogen and oxygen atoms in total. The van der Waals surface area contributed by atoms with Crippen molar-refractivity contribution in [1.82, 2.24) is 0 Å². The molecule has 0 spiro atoms. The summed E-state index contributed by atoms with van der Waals surface area (Å²) >= 11 is 0. The maximum absolute atomic E-state index is 10.9. The van der Waals surface area contributed by atoms with Gasteiger partial charge in [-0.25, -0.2) is 4.79 Å². The van der Waals surface area contributed by atoms with E-state index in [1.807, 2.05) is 0 Å². The van der Waals surface area contributed by atoms with E-state index in [1.54, 1.807) is 6.92 Å². The number of hydrogen-bond donors (Lipinski definition) is 1. The molecule has 0 aliphatic rings. The molecule has 0 saturated carbocycles. The van der Waals surface area contributed by atoms with E-state index in [-0.39, 0.29) is 12.4 Å². The van der Waals surface area contributed by atoms with Gasteiger partial charge in [-0.3, -0.25) is 4.79 Å². The summed E-state index contributed by atoms with van der Waals surface area (Å²) in [4.78, 5) is 21.5. The minimum Gasteiger partial charge on any atom is -0.456 e. The molecule has 1 aromatic heterocycles. The minimum atomic E-state index is -0.811. The average Bonchev–Trinajstić information content (AvgIpc) is 2.40. The molecular weight excluding hydrogens is 190 g/mol. The van der Waals surface area contributed by atoms with Crippen LogP contribution in [0, 0.1) is 6.92 Å². The van der Waals surface area contributed by atoms with E-state index in [9.17, 15) is 9.59 Å². The monoisotopic (exact) mass is 201 g/mol. The first kappa shape index (κ1) is 10.5. The summed E-state index contributed by atoms with van der Waals surface area (Å²) in [6, 6.07) is -0.700. The smallest absolute Gasteiger partial charge is 0.456 e. The van der Waals surface area contributed by atoms with Gasteiger partial charge in [-0.15, -0.1) is 0 Å². The minimum absolute atomic E-state index is 0.141. The highest BCUT2D eigenvalue weighted by molar-refractivity contribution is 5.74. The van der Waals surface area contributed by atoms with Gasteiger partial charge in [0, 0.05) is 0 Å². The van der Waals surface area contributed by atoms with Crippen molar-refractivity contribution < 1.29 is 18.4 Å². The molecule has 1 heterocycles. The molecule has 14 heavy (non-hydrogen) atoms. The second kappa shape index (κ2) is 4.10. The van der Waals surface area contributed by atoms with Crippen LogP contribution in [0.2, 0.25) is 0 Å². The first-order chi connectivity index (χ1) is 6.50. The molecule has 1 atom stereocenters. The van der Waals surface area contributed by atoms with E-state index in [0.717, 1.165) is 0 Å². The third-order valence-electron chi connectivity index (χ3n) is 1.55. The van der Waals surface area contributed by atoms with E-state index < -0.39 is 17.8 Å². The van der Waals surface area contributed by atoms with Crippen LogP contribution in [-0.4, -0.2) is 12.0 Å². The Bertz CT molecular complexity index is 375. The molecule has 2 N–H and O–H groups in total. The zero-order valence-electron chi connectivity index (χ0n) is 7.90. The Hall–Kier alpha value is -1.56. The van der Waals surface area contributed by atoms with Gasteiger partial charge in [0.05, 0.1) is 0 Å². The lowest BCUT2D eigenvalue weighted by molar-refractivity contribution is -0.146. The van der Waals surface area contributed by atoms with Gasteiger partial charge in [-0.1, -0.05) is 0 Å². The molecule has 1 aromatic rings. The maximum atomic E-state index is 10.9. The second-order valence-corrected chi connectivity index (χ2v) is 2.83. The fourth-order valence-electron chi connectivity index (χ4n) is 0.774. The van der Waals surface area contributed by atoms with E-state index >= 15 is 0 Å². The molecule has 78 valence electrons. The van der Waals surface area contributed by atoms with Crippen molar-refractivity contribution in [3.8, 4) is 0 Å². The predicted molar refractivity (Wildman–Crippen MR) is 45.4 cm³/mol. The first-order valence-electron chi connectivity index (χ1n) is 4.02. The van der Waals surface area contributed by atoms with Crippen LogP contribution in [-0.2, 0) is 16.1 Å². The fraction of sp³-hybridized carbons (Fsp3) is 0.500. The summed E-state index contributed by atoms with van der Waals surface area (Å²) in [6.07, 6.45) is 0. The number of aryl methyl sites for hydroxylation is 1. The lowest BCUT2D eigenvalue weighted by Crippen LogP contribution is -2.28. The Balaban J connectivity index is 2.58. The predicted octanol–water partition coefficient (Wildman–Crippen LogP) is -0.0684. The molecule has 6 heteroatoms. The molecule has 0 fully saturated rings. The number of carbonyl (C=O) groups excluding carboxylic acids is 1. The Kier molecular flexibility index (Phi) is 3.08. The fourth-order valence-corrected chi connectivity index (χ4v) is 0.774. The molecule has 0 unspecified atom stereocenters. The highest BCUT2D eigenvalue weighted by atomic mass is 16.6. The van der Waals surface area contributed by atoms with E-state index in [1.165, 1.54) is 6.92 Å². The number of rotatable bonds is 3. The Morgan fingerprint density at radius 3 is 2.64 bits per heavy atom. The van der Waals surface area contributed by atoms with Gasteiger partial charge in [0.1, 0.15) is 6.04 Å². The van der Waals surface area contributed by atoms with Crippen LogP contribution in [0.15, 0.2) is 13.6 Å². The van der Waals surface area contributed by atoms with Crippen molar-refractivity contribution in [2.75, 3.05) is 0 Å². The zero-order valence-corrected chi connectivity index (χ0v) is 7.90. The van der Waals surface area contributed by atoms with Gasteiger partial charge in [-0.05, 0) is 13.8 Å². The van der Waals surface area contributed by atoms with Gasteiger partial charge in [0.2, 0.25) is 0 Å². The Morgan fingerprint density at radius 1 is 1.57 bits per heavy atom. The molecule has 0 aliphatic heterocycles. The highest BCUT2D eigenvalue weighted by Gasteiger charge is 2.13. The van der Waals surface area contributed by atoms with Gasteiger partial charge < -0.3 is 19.3 Å². The molecule has 0 amide bonds. The van der Waals surface area contributed by atoms with Crippen LogP contribution < -0.4 is 11.6 Å². The Labute approximate surface area is 79.6 Å². The summed E-state index contributed by atoms with van der Waals surface area (Å²) < 4.78 is 13.9. The third-order valence-corrected chi connectivity index (χ3v) is 1.55. The van der Waals surface area contributed by atoms with Crippen LogP contribution in [0.5, 0.6) is 0 Å². The molecule has 0 radical (unpaired) electrons. The topological polar surface area (TPSA) is 95.7 Å². The largest absolute Gasteiger partial charge is 0.519 e. The number of nitrogens with two attached hydrogens (primary N) is 1. The number of hydrogen-bond acceptors (Lipinski definition) is 6. The van der Waals surface area contributed by atoms with Crippen LogP contribution >= 0.6 is 0 Å². The van der Waals surface area contributed by atoms with Crippen LogP contribution in [0.25, 0.3) is 0 Å². The normalized spacial score (nSPS) is 12.5. The zero-order chi connectivity index (χ0) is 10.7. The molecule has 0 aromatic carbocycles. The Morgan fingerprint density at radius 2 is 2.21 bits per heavy atom. The SMILES string of the molecule is Cc1oc(=O)oc1COC(=O)[C@H](C)N. The quantitative estimate of drug-likeness (QED) is 0.688. The number of esters is 1. The van der Waals surface area contributed by atoms with Gasteiger partial charge in [0.15, 0.2) is 18.1 Å². The maximum Gasteiger partial charge on any atom is 0.519 e. The first-order valence-corrected chi connectivity index (χ1v) is 4.02. The van der Waals surface area contributed by atoms with Crippen molar-refractivity contribution in [2.45, 2.75) is 26.5 Å². The molecule has 0 aliphatic carbocycles. The van der Waals surface area contributed by atoms with Crippen molar-refractivity contribution in [2.24, 2.45) is 5.73 Å². The van der Waals surface area contributed by atoms with Crippen molar-refractivity contribution in [3.05, 3.63) is 22.1 Å². The van der Waals surface area contributed by atoms with E-state index in [0.29, 0.717) is 5.76 Å². The number of carbonyl (C=O) groups is 1. The summed E-state index contributed by atoms with van der Waals surface area (Å²) in [5.74, 6) is -0.876. The molecule has 0 bridgehead atoms. The molecular formula is C8H11NO5. The van der Waals surface area contributed by atoms with Crippen molar-refractivity contribution >= 4 is 5.97 Å². The highest BCUT2D eigenvalue weighted by Crippen LogP contribution is 2.06. The van der Waals surface area contributed by atoms with Gasteiger partial charge in [-0.2, -0.15) is 0 Å². The summed E-state index contributed by atoms with van der Waals surface area (Å²) in [5.41, 5.74) is 5.25. The lowest BCUT2D eigenvalue weighted by Gasteiger charge is -2.04. The van der Waals surface area contributed by atoms with E-state index in [4.69, 9.17) is 10.5 Å². The molecule has 1 rings (SSSR count). The van der Waals surface area contributed by atoms with Crippen LogP contribution in [0.3, 0.4) is 0 Å². The third kappa shape index (κ3) is 2.46. The van der Waals surface area contributed by atoms with Gasteiger partial charge in [0.25, 0.3) is 0 Å². The lowest BCUT2D eigenvalue weighted by atomic mass is 10.4. The van der Waals surface area contributed by atoms with Gasteiger partial charge >= 0.3 is 11.8 Å². The standard InChI is InChI=1S/C8H11NO5/c1-4(9)7(10)12-3-6-5(2)13-8(11)14-6/h4H,3,9H2,1-2H3/t4-/m0/s1. The molecule has 0 saturated heterocycles. The summed E-state index contributed by atoms with van der Waals surface area (Å²) in [5, 5.41) is 0. The van der Waals surface area contributed by atoms with Crippen molar-refractivity contribution in [3.63, 3.8) is 0 Å².